The van der Waals surface area contributed by atoms with E-state index in [-0.39, 0.29) is 10.8 Å². The van der Waals surface area contributed by atoms with Crippen LogP contribution in [0.2, 0.25) is 5.02 Å². The highest BCUT2D eigenvalue weighted by molar-refractivity contribution is 7.90. The van der Waals surface area contributed by atoms with E-state index in [2.05, 4.69) is 5.32 Å². The van der Waals surface area contributed by atoms with E-state index in [1.165, 1.54) is 18.2 Å². The second-order valence-electron chi connectivity index (χ2n) is 5.81. The lowest BCUT2D eigenvalue weighted by atomic mass is 10.1. The fraction of sp³-hybridized carbons (Fsp3) is 0.105. The fourth-order valence-corrected chi connectivity index (χ4v) is 3.28. The van der Waals surface area contributed by atoms with Gasteiger partial charge in [0, 0.05) is 28.6 Å². The minimum absolute atomic E-state index is 0.149. The fourth-order valence-electron chi connectivity index (χ4n) is 2.43. The largest absolute Gasteiger partial charge is 0.488 e. The Kier molecular flexibility index (Phi) is 5.15. The van der Waals surface area contributed by atoms with E-state index in [1.807, 2.05) is 6.08 Å². The highest BCUT2D eigenvalue weighted by Crippen LogP contribution is 2.29. The Labute approximate surface area is 156 Å². The predicted molar refractivity (Wildman–Crippen MR) is 102 cm³/mol. The third-order valence-corrected chi connectivity index (χ3v) is 5.03. The van der Waals surface area contributed by atoms with Gasteiger partial charge < -0.3 is 10.1 Å². The number of benzene rings is 2. The minimum Gasteiger partial charge on any atom is -0.488 e. The van der Waals surface area contributed by atoms with Gasteiger partial charge in [-0.05, 0) is 48.0 Å². The minimum atomic E-state index is -3.33. The normalized spacial score (nSPS) is 13.7. The molecular weight excluding hydrogens is 374 g/mol. The summed E-state index contributed by atoms with van der Waals surface area (Å²) in [4.78, 5) is 12.2. The summed E-state index contributed by atoms with van der Waals surface area (Å²) in [5, 5.41) is 3.25. The van der Waals surface area contributed by atoms with Gasteiger partial charge in [0.25, 0.3) is 0 Å². The Balaban J connectivity index is 1.71. The lowest BCUT2D eigenvalue weighted by molar-refractivity contribution is -0.111. The highest BCUT2D eigenvalue weighted by Gasteiger charge is 2.11. The van der Waals surface area contributed by atoms with E-state index in [9.17, 15) is 13.2 Å². The number of fused-ring (bicyclic) bond motifs is 1. The molecule has 134 valence electrons. The topological polar surface area (TPSA) is 72.5 Å². The van der Waals surface area contributed by atoms with Crippen molar-refractivity contribution in [1.82, 2.24) is 0 Å². The number of ether oxygens (including phenoxy) is 1. The van der Waals surface area contributed by atoms with Crippen LogP contribution in [-0.2, 0) is 14.6 Å². The summed E-state index contributed by atoms with van der Waals surface area (Å²) in [5.74, 6) is 0.377. The first-order valence-corrected chi connectivity index (χ1v) is 10.0. The van der Waals surface area contributed by atoms with Crippen molar-refractivity contribution in [2.45, 2.75) is 4.90 Å². The number of rotatable bonds is 4. The quantitative estimate of drug-likeness (QED) is 0.809. The Bertz CT molecular complexity index is 1030. The Morgan fingerprint density at radius 1 is 1.23 bits per heavy atom. The molecule has 5 nitrogen and oxygen atoms in total. The zero-order chi connectivity index (χ0) is 18.7. The van der Waals surface area contributed by atoms with Crippen molar-refractivity contribution in [3.63, 3.8) is 0 Å². The first kappa shape index (κ1) is 18.2. The predicted octanol–water partition coefficient (Wildman–Crippen LogP) is 3.71. The van der Waals surface area contributed by atoms with Gasteiger partial charge in [0.15, 0.2) is 9.84 Å². The van der Waals surface area contributed by atoms with Crippen molar-refractivity contribution in [3.8, 4) is 5.75 Å². The maximum atomic E-state index is 12.1. The summed E-state index contributed by atoms with van der Waals surface area (Å²) in [6.45, 7) is 0.349. The van der Waals surface area contributed by atoms with E-state index in [0.717, 1.165) is 23.1 Å². The molecule has 0 bridgehead atoms. The molecule has 0 unspecified atom stereocenters. The molecule has 0 spiro atoms. The third-order valence-electron chi connectivity index (χ3n) is 3.69. The van der Waals surface area contributed by atoms with Crippen LogP contribution in [0.4, 0.5) is 5.69 Å². The Morgan fingerprint density at radius 3 is 2.81 bits per heavy atom. The standard InChI is InChI=1S/C19H16ClNO4S/c1-26(23,24)17-4-2-3-16(11-17)21-19(22)8-5-13-9-14-10-15(20)6-7-18(14)25-12-13/h2-11H,12H2,1H3,(H,21,22)/b8-5+. The van der Waals surface area contributed by atoms with Crippen LogP contribution in [0, 0.1) is 0 Å². The first-order chi connectivity index (χ1) is 12.3. The van der Waals surface area contributed by atoms with Crippen molar-refractivity contribution < 1.29 is 17.9 Å². The number of halogens is 1. The van der Waals surface area contributed by atoms with Gasteiger partial charge in [0.2, 0.25) is 5.91 Å². The van der Waals surface area contributed by atoms with Crippen molar-refractivity contribution in [3.05, 3.63) is 70.8 Å². The lowest BCUT2D eigenvalue weighted by Crippen LogP contribution is -2.10. The average molecular weight is 390 g/mol. The van der Waals surface area contributed by atoms with E-state index >= 15 is 0 Å². The third kappa shape index (κ3) is 4.53. The summed E-state index contributed by atoms with van der Waals surface area (Å²) < 4.78 is 28.8. The van der Waals surface area contributed by atoms with E-state index in [0.29, 0.717) is 17.3 Å². The van der Waals surface area contributed by atoms with E-state index in [4.69, 9.17) is 16.3 Å². The molecule has 1 N–H and O–H groups in total. The number of hydrogen-bond acceptors (Lipinski definition) is 4. The number of hydrogen-bond donors (Lipinski definition) is 1. The van der Waals surface area contributed by atoms with Crippen molar-refractivity contribution in [1.29, 1.82) is 0 Å². The van der Waals surface area contributed by atoms with Gasteiger partial charge >= 0.3 is 0 Å². The number of sulfone groups is 1. The molecule has 0 aliphatic carbocycles. The van der Waals surface area contributed by atoms with Gasteiger partial charge in [-0.2, -0.15) is 0 Å². The van der Waals surface area contributed by atoms with Crippen LogP contribution in [-0.4, -0.2) is 27.2 Å². The second-order valence-corrected chi connectivity index (χ2v) is 8.26. The van der Waals surface area contributed by atoms with Gasteiger partial charge in [-0.1, -0.05) is 23.7 Å². The molecule has 2 aromatic carbocycles. The summed E-state index contributed by atoms with van der Waals surface area (Å²) in [6.07, 6.45) is 6.05. The van der Waals surface area contributed by atoms with Crippen LogP contribution in [0.15, 0.2) is 65.1 Å². The molecule has 0 atom stereocenters. The van der Waals surface area contributed by atoms with Crippen LogP contribution >= 0.6 is 11.6 Å². The van der Waals surface area contributed by atoms with Crippen LogP contribution in [0.5, 0.6) is 5.75 Å². The molecule has 1 amide bonds. The van der Waals surface area contributed by atoms with Crippen LogP contribution in [0.25, 0.3) is 6.08 Å². The molecule has 1 aliphatic rings. The number of anilines is 1. The van der Waals surface area contributed by atoms with Crippen LogP contribution in [0.3, 0.4) is 0 Å². The molecule has 2 aromatic rings. The van der Waals surface area contributed by atoms with Gasteiger partial charge in [0.05, 0.1) is 4.90 Å². The molecule has 7 heteroatoms. The monoisotopic (exact) mass is 389 g/mol. The molecule has 26 heavy (non-hydrogen) atoms. The highest BCUT2D eigenvalue weighted by atomic mass is 35.5. The molecule has 0 fully saturated rings. The SMILES string of the molecule is CS(=O)(=O)c1cccc(NC(=O)/C=C/C2=Cc3cc(Cl)ccc3OC2)c1. The number of carbonyl (C=O) groups is 1. The summed E-state index contributed by atoms with van der Waals surface area (Å²) >= 11 is 5.98. The molecule has 0 saturated carbocycles. The van der Waals surface area contributed by atoms with Gasteiger partial charge in [-0.3, -0.25) is 4.79 Å². The molecule has 1 heterocycles. The Hall–Kier alpha value is -2.57. The Morgan fingerprint density at radius 2 is 2.04 bits per heavy atom. The molecule has 0 aromatic heterocycles. The zero-order valence-corrected chi connectivity index (χ0v) is 15.5. The summed E-state index contributed by atoms with van der Waals surface area (Å²) in [5.41, 5.74) is 2.08. The molecule has 0 radical (unpaired) electrons. The van der Waals surface area contributed by atoms with Crippen LogP contribution < -0.4 is 10.1 Å². The number of carbonyl (C=O) groups excluding carboxylic acids is 1. The van der Waals surface area contributed by atoms with E-state index in [1.54, 1.807) is 36.4 Å². The molecule has 3 rings (SSSR count). The van der Waals surface area contributed by atoms with Crippen molar-refractivity contribution in [2.75, 3.05) is 18.2 Å². The molecule has 0 saturated heterocycles. The van der Waals surface area contributed by atoms with Crippen molar-refractivity contribution in [2.24, 2.45) is 0 Å². The van der Waals surface area contributed by atoms with E-state index < -0.39 is 9.84 Å². The lowest BCUT2D eigenvalue weighted by Gasteiger charge is -2.16. The second kappa shape index (κ2) is 7.35. The summed E-state index contributed by atoms with van der Waals surface area (Å²) in [7, 11) is -3.33. The van der Waals surface area contributed by atoms with Gasteiger partial charge in [-0.15, -0.1) is 0 Å². The molecule has 1 aliphatic heterocycles. The van der Waals surface area contributed by atoms with Gasteiger partial charge in [-0.25, -0.2) is 8.42 Å². The maximum absolute atomic E-state index is 12.1. The smallest absolute Gasteiger partial charge is 0.248 e. The molecular formula is C19H16ClNO4S. The number of amides is 1. The van der Waals surface area contributed by atoms with Crippen LogP contribution in [0.1, 0.15) is 5.56 Å². The average Bonchev–Trinajstić information content (AvgIpc) is 2.59. The van der Waals surface area contributed by atoms with Crippen molar-refractivity contribution >= 4 is 39.1 Å². The first-order valence-electron chi connectivity index (χ1n) is 7.73. The summed E-state index contributed by atoms with van der Waals surface area (Å²) in [6, 6.07) is 11.5. The zero-order valence-electron chi connectivity index (χ0n) is 13.9. The van der Waals surface area contributed by atoms with Gasteiger partial charge in [0.1, 0.15) is 12.4 Å². The maximum Gasteiger partial charge on any atom is 0.248 e. The number of nitrogens with one attached hydrogen (secondary N) is 1.